The van der Waals surface area contributed by atoms with E-state index < -0.39 is 12.2 Å². The van der Waals surface area contributed by atoms with Gasteiger partial charge in [0.05, 0.1) is 4.92 Å². The molecule has 0 amide bonds. The van der Waals surface area contributed by atoms with Crippen molar-refractivity contribution < 1.29 is 9.49 Å². The number of non-ortho nitro benzene ring substituents is 1. The quantitative estimate of drug-likeness (QED) is 0.434. The zero-order valence-corrected chi connectivity index (χ0v) is 13.6. The van der Waals surface area contributed by atoms with Crippen LogP contribution in [0.15, 0.2) is 84.9 Å². The largest absolute Gasteiger partial charge is 0.329 e. The molecule has 5 nitrogen and oxygen atoms in total. The van der Waals surface area contributed by atoms with E-state index in [2.05, 4.69) is 5.09 Å². The topological polar surface area (TPSA) is 72.2 Å². The SMILES string of the molecule is O=[N+]([O-])c1cccc(NP(=O)(c2ccccc2)c2ccccc2)c1. The summed E-state index contributed by atoms with van der Waals surface area (Å²) in [5, 5.41) is 15.3. The van der Waals surface area contributed by atoms with Crippen molar-refractivity contribution in [3.05, 3.63) is 95.0 Å². The molecule has 0 fully saturated rings. The van der Waals surface area contributed by atoms with Gasteiger partial charge in [-0.2, -0.15) is 0 Å². The Morgan fingerprint density at radius 3 is 1.83 bits per heavy atom. The Balaban J connectivity index is 2.08. The van der Waals surface area contributed by atoms with Gasteiger partial charge in [-0.05, 0) is 30.3 Å². The first-order valence-electron chi connectivity index (χ1n) is 7.33. The van der Waals surface area contributed by atoms with Crippen molar-refractivity contribution in [1.82, 2.24) is 0 Å². The first kappa shape index (κ1) is 16.0. The number of nitrogens with one attached hydrogen (secondary N) is 1. The molecule has 0 aliphatic heterocycles. The van der Waals surface area contributed by atoms with Crippen LogP contribution in [0.2, 0.25) is 0 Å². The zero-order valence-electron chi connectivity index (χ0n) is 12.7. The first-order chi connectivity index (χ1) is 11.6. The Kier molecular flexibility index (Phi) is 4.45. The summed E-state index contributed by atoms with van der Waals surface area (Å²) in [4.78, 5) is 10.5. The maximum atomic E-state index is 13.8. The Morgan fingerprint density at radius 2 is 1.33 bits per heavy atom. The Labute approximate surface area is 139 Å². The van der Waals surface area contributed by atoms with Gasteiger partial charge in [0.25, 0.3) is 5.69 Å². The maximum Gasteiger partial charge on any atom is 0.271 e. The molecule has 0 spiro atoms. The number of rotatable bonds is 5. The van der Waals surface area contributed by atoms with E-state index in [0.717, 1.165) is 0 Å². The van der Waals surface area contributed by atoms with Crippen molar-refractivity contribution in [2.75, 3.05) is 5.09 Å². The zero-order chi connectivity index (χ0) is 17.0. The highest BCUT2D eigenvalue weighted by Gasteiger charge is 2.27. The molecule has 0 saturated heterocycles. The number of nitrogens with zero attached hydrogens (tertiary/aromatic N) is 1. The van der Waals surface area contributed by atoms with Crippen LogP contribution >= 0.6 is 7.29 Å². The minimum Gasteiger partial charge on any atom is -0.329 e. The van der Waals surface area contributed by atoms with Crippen molar-refractivity contribution in [3.8, 4) is 0 Å². The number of nitro benzene ring substituents is 1. The van der Waals surface area contributed by atoms with Crippen molar-refractivity contribution in [2.45, 2.75) is 0 Å². The second-order valence-corrected chi connectivity index (χ2v) is 7.67. The monoisotopic (exact) mass is 338 g/mol. The van der Waals surface area contributed by atoms with E-state index in [9.17, 15) is 14.7 Å². The fraction of sp³-hybridized carbons (Fsp3) is 0. The normalized spacial score (nSPS) is 11.0. The molecule has 24 heavy (non-hydrogen) atoms. The molecule has 0 aliphatic carbocycles. The lowest BCUT2D eigenvalue weighted by molar-refractivity contribution is -0.384. The van der Waals surface area contributed by atoms with Crippen LogP contribution in [-0.2, 0) is 4.57 Å². The molecule has 0 aliphatic rings. The van der Waals surface area contributed by atoms with Gasteiger partial charge < -0.3 is 5.09 Å². The highest BCUT2D eigenvalue weighted by molar-refractivity contribution is 7.80. The lowest BCUT2D eigenvalue weighted by Gasteiger charge is -2.21. The van der Waals surface area contributed by atoms with E-state index >= 15 is 0 Å². The summed E-state index contributed by atoms with van der Waals surface area (Å²) in [5.41, 5.74) is 0.396. The second kappa shape index (κ2) is 6.69. The number of nitro groups is 1. The lowest BCUT2D eigenvalue weighted by atomic mass is 10.3. The average Bonchev–Trinajstić information content (AvgIpc) is 2.63. The summed E-state index contributed by atoms with van der Waals surface area (Å²) >= 11 is 0. The van der Waals surface area contributed by atoms with Crippen molar-refractivity contribution in [2.24, 2.45) is 0 Å². The summed E-state index contributed by atoms with van der Waals surface area (Å²) in [7, 11) is -3.17. The fourth-order valence-electron chi connectivity index (χ4n) is 2.42. The third-order valence-electron chi connectivity index (χ3n) is 3.58. The predicted octanol–water partition coefficient (Wildman–Crippen LogP) is 3.94. The molecule has 3 rings (SSSR count). The van der Waals surface area contributed by atoms with E-state index in [1.165, 1.54) is 12.1 Å². The molecular weight excluding hydrogens is 323 g/mol. The molecule has 0 radical (unpaired) electrons. The van der Waals surface area contributed by atoms with Crippen molar-refractivity contribution in [1.29, 1.82) is 0 Å². The third-order valence-corrected chi connectivity index (χ3v) is 6.21. The molecule has 0 saturated carbocycles. The highest BCUT2D eigenvalue weighted by Crippen LogP contribution is 2.43. The Morgan fingerprint density at radius 1 is 0.792 bits per heavy atom. The molecule has 0 heterocycles. The molecule has 0 bridgehead atoms. The van der Waals surface area contributed by atoms with Gasteiger partial charge in [-0.15, -0.1) is 0 Å². The number of anilines is 1. The van der Waals surface area contributed by atoms with Crippen LogP contribution in [0.25, 0.3) is 0 Å². The van der Waals surface area contributed by atoms with Crippen LogP contribution in [0.1, 0.15) is 0 Å². The van der Waals surface area contributed by atoms with Crippen molar-refractivity contribution >= 4 is 29.3 Å². The number of hydrogen-bond donors (Lipinski definition) is 1. The molecule has 3 aromatic rings. The van der Waals surface area contributed by atoms with Crippen LogP contribution in [0, 0.1) is 10.1 Å². The summed E-state index contributed by atoms with van der Waals surface area (Å²) < 4.78 is 13.8. The molecule has 3 aromatic carbocycles. The average molecular weight is 338 g/mol. The molecular formula is C18H15N2O3P. The van der Waals surface area contributed by atoms with Gasteiger partial charge in [-0.25, -0.2) is 0 Å². The minimum atomic E-state index is -3.17. The van der Waals surface area contributed by atoms with Gasteiger partial charge in [-0.3, -0.25) is 14.7 Å². The van der Waals surface area contributed by atoms with Crippen LogP contribution in [0.5, 0.6) is 0 Å². The first-order valence-corrected chi connectivity index (χ1v) is 9.04. The van der Waals surface area contributed by atoms with Crippen LogP contribution in [-0.4, -0.2) is 4.92 Å². The van der Waals surface area contributed by atoms with Gasteiger partial charge in [-0.1, -0.05) is 42.5 Å². The lowest BCUT2D eigenvalue weighted by Crippen LogP contribution is -2.21. The van der Waals surface area contributed by atoms with Crippen LogP contribution in [0.3, 0.4) is 0 Å². The highest BCUT2D eigenvalue weighted by atomic mass is 31.2. The van der Waals surface area contributed by atoms with Gasteiger partial charge in [0, 0.05) is 28.4 Å². The third kappa shape index (κ3) is 3.21. The standard InChI is InChI=1S/C18H15N2O3P/c21-20(22)16-9-7-8-15(14-16)19-24(23,17-10-3-1-4-11-17)18-12-5-2-6-13-18/h1-14H,(H,19,23). The fourth-order valence-corrected chi connectivity index (χ4v) is 4.67. The number of hydrogen-bond acceptors (Lipinski definition) is 3. The van der Waals surface area contributed by atoms with E-state index in [-0.39, 0.29) is 5.69 Å². The molecule has 0 atom stereocenters. The van der Waals surface area contributed by atoms with Crippen molar-refractivity contribution in [3.63, 3.8) is 0 Å². The van der Waals surface area contributed by atoms with E-state index in [1.807, 2.05) is 36.4 Å². The second-order valence-electron chi connectivity index (χ2n) is 5.20. The number of benzene rings is 3. The Bertz CT molecular complexity index is 855. The minimum absolute atomic E-state index is 0.0485. The summed E-state index contributed by atoms with van der Waals surface area (Å²) in [5.74, 6) is 0. The summed E-state index contributed by atoms with van der Waals surface area (Å²) in [6, 6.07) is 24.2. The molecule has 1 N–H and O–H groups in total. The van der Waals surface area contributed by atoms with Crippen LogP contribution in [0.4, 0.5) is 11.4 Å². The van der Waals surface area contributed by atoms with Crippen LogP contribution < -0.4 is 15.7 Å². The Hall–Kier alpha value is -2.91. The molecule has 6 heteroatoms. The molecule has 0 unspecified atom stereocenters. The molecule has 0 aromatic heterocycles. The van der Waals surface area contributed by atoms with E-state index in [1.54, 1.807) is 36.4 Å². The summed E-state index contributed by atoms with van der Waals surface area (Å²) in [6.07, 6.45) is 0. The summed E-state index contributed by atoms with van der Waals surface area (Å²) in [6.45, 7) is 0. The predicted molar refractivity (Wildman–Crippen MR) is 96.5 cm³/mol. The van der Waals surface area contributed by atoms with Gasteiger partial charge in [0.1, 0.15) is 0 Å². The van der Waals surface area contributed by atoms with E-state index in [0.29, 0.717) is 16.3 Å². The molecule has 120 valence electrons. The van der Waals surface area contributed by atoms with Gasteiger partial charge >= 0.3 is 0 Å². The smallest absolute Gasteiger partial charge is 0.271 e. The maximum absolute atomic E-state index is 13.8. The van der Waals surface area contributed by atoms with E-state index in [4.69, 9.17) is 0 Å². The van der Waals surface area contributed by atoms with Gasteiger partial charge in [0.15, 0.2) is 0 Å². The van der Waals surface area contributed by atoms with Gasteiger partial charge in [0.2, 0.25) is 7.29 Å².